The van der Waals surface area contributed by atoms with Crippen LogP contribution in [-0.2, 0) is 10.0 Å². The summed E-state index contributed by atoms with van der Waals surface area (Å²) < 4.78 is 63.8. The Balaban J connectivity index is 2.85. The molecule has 0 N–H and O–H groups in total. The lowest BCUT2D eigenvalue weighted by Crippen LogP contribution is -2.34. The van der Waals surface area contributed by atoms with E-state index in [9.17, 15) is 21.6 Å². The average Bonchev–Trinajstić information content (AvgIpc) is 2.84. The second-order valence-electron chi connectivity index (χ2n) is 5.69. The van der Waals surface area contributed by atoms with Crippen molar-refractivity contribution in [1.82, 2.24) is 4.41 Å². The number of hydrogen-bond acceptors (Lipinski definition) is 3. The highest BCUT2D eigenvalue weighted by Crippen LogP contribution is 2.32. The summed E-state index contributed by atoms with van der Waals surface area (Å²) in [4.78, 5) is 0. The van der Waals surface area contributed by atoms with Gasteiger partial charge in [-0.05, 0) is 12.8 Å². The Kier molecular flexibility index (Phi) is 7.15. The minimum atomic E-state index is -4.56. The summed E-state index contributed by atoms with van der Waals surface area (Å²) in [5.74, 6) is -0.139. The van der Waals surface area contributed by atoms with Crippen molar-refractivity contribution >= 4 is 15.7 Å². The second-order valence-corrected chi connectivity index (χ2v) is 7.64. The van der Waals surface area contributed by atoms with Crippen molar-refractivity contribution in [1.29, 1.82) is 0 Å². The minimum absolute atomic E-state index is 0.139. The Hall–Kier alpha value is -0.790. The summed E-state index contributed by atoms with van der Waals surface area (Å²) >= 11 is 0. The van der Waals surface area contributed by atoms with E-state index in [4.69, 9.17) is 0 Å². The molecule has 0 aliphatic carbocycles. The van der Waals surface area contributed by atoms with Gasteiger partial charge < -0.3 is 0 Å². The molecule has 1 unspecified atom stereocenters. The molecule has 0 saturated carbocycles. The van der Waals surface area contributed by atoms with Crippen LogP contribution in [0.25, 0.3) is 0 Å². The maximum absolute atomic E-state index is 12.8. The van der Waals surface area contributed by atoms with E-state index in [1.54, 1.807) is 0 Å². The standard InChI is InChI=1S/C14H25F3N2O2S/c1-3-5-7-9-12-11-13(14(15,16)17)18-19(12)22(20,21)10-8-6-4-2/h12H,3-11H2,1-2H3. The van der Waals surface area contributed by atoms with Crippen molar-refractivity contribution in [2.45, 2.75) is 77.4 Å². The van der Waals surface area contributed by atoms with Gasteiger partial charge in [0.1, 0.15) is 5.71 Å². The number of unbranched alkanes of at least 4 members (excludes halogenated alkanes) is 4. The van der Waals surface area contributed by atoms with Crippen molar-refractivity contribution in [2.75, 3.05) is 5.75 Å². The van der Waals surface area contributed by atoms with Crippen LogP contribution >= 0.6 is 0 Å². The molecular weight excluding hydrogens is 317 g/mol. The fraction of sp³-hybridized carbons (Fsp3) is 0.929. The smallest absolute Gasteiger partial charge is 0.205 e. The first-order chi connectivity index (χ1) is 10.2. The highest BCUT2D eigenvalue weighted by atomic mass is 32.2. The van der Waals surface area contributed by atoms with Crippen LogP contribution in [0.4, 0.5) is 13.2 Å². The number of hydrazone groups is 1. The molecule has 0 bridgehead atoms. The lowest BCUT2D eigenvalue weighted by Gasteiger charge is -2.23. The first kappa shape index (κ1) is 19.3. The van der Waals surface area contributed by atoms with Crippen molar-refractivity contribution < 1.29 is 21.6 Å². The second kappa shape index (κ2) is 8.17. The van der Waals surface area contributed by atoms with Crippen LogP contribution in [0.5, 0.6) is 0 Å². The van der Waals surface area contributed by atoms with Gasteiger partial charge in [-0.3, -0.25) is 0 Å². The van der Waals surface area contributed by atoms with Crippen LogP contribution in [-0.4, -0.2) is 36.5 Å². The summed E-state index contributed by atoms with van der Waals surface area (Å²) in [7, 11) is -3.77. The fourth-order valence-electron chi connectivity index (χ4n) is 2.47. The van der Waals surface area contributed by atoms with Crippen LogP contribution in [0.3, 0.4) is 0 Å². The number of nitrogens with zero attached hydrogens (tertiary/aromatic N) is 2. The molecule has 1 aliphatic rings. The molecule has 1 atom stereocenters. The van der Waals surface area contributed by atoms with E-state index in [-0.39, 0.29) is 12.2 Å². The van der Waals surface area contributed by atoms with Gasteiger partial charge in [0.15, 0.2) is 0 Å². The summed E-state index contributed by atoms with van der Waals surface area (Å²) in [5.41, 5.74) is -0.979. The van der Waals surface area contributed by atoms with Gasteiger partial charge in [-0.15, -0.1) is 0 Å². The van der Waals surface area contributed by atoms with Crippen LogP contribution in [0, 0.1) is 0 Å². The van der Waals surface area contributed by atoms with Gasteiger partial charge in [0.25, 0.3) is 0 Å². The summed E-state index contributed by atoms with van der Waals surface area (Å²) in [6.07, 6.45) is 0.0952. The molecule has 0 spiro atoms. The van der Waals surface area contributed by atoms with E-state index in [1.807, 2.05) is 13.8 Å². The van der Waals surface area contributed by atoms with Gasteiger partial charge in [0.05, 0.1) is 11.8 Å². The molecule has 0 radical (unpaired) electrons. The first-order valence-corrected chi connectivity index (χ1v) is 9.50. The SMILES string of the molecule is CCCCCC1CC(C(F)(F)F)=NN1S(=O)(=O)CCCCC. The van der Waals surface area contributed by atoms with Crippen LogP contribution < -0.4 is 0 Å². The first-order valence-electron chi connectivity index (χ1n) is 7.89. The van der Waals surface area contributed by atoms with Gasteiger partial charge >= 0.3 is 6.18 Å². The van der Waals surface area contributed by atoms with Crippen molar-refractivity contribution in [3.05, 3.63) is 0 Å². The molecule has 22 heavy (non-hydrogen) atoms. The maximum atomic E-state index is 12.8. The zero-order chi connectivity index (χ0) is 16.8. The third-order valence-electron chi connectivity index (χ3n) is 3.72. The van der Waals surface area contributed by atoms with E-state index < -0.39 is 28.0 Å². The van der Waals surface area contributed by atoms with Crippen molar-refractivity contribution in [3.8, 4) is 0 Å². The Morgan fingerprint density at radius 2 is 1.73 bits per heavy atom. The zero-order valence-electron chi connectivity index (χ0n) is 13.2. The number of hydrogen-bond donors (Lipinski definition) is 0. The molecule has 1 heterocycles. The van der Waals surface area contributed by atoms with Crippen LogP contribution in [0.1, 0.15) is 65.2 Å². The number of halogens is 3. The fourth-order valence-corrected chi connectivity index (χ4v) is 4.09. The molecule has 8 heteroatoms. The molecule has 1 rings (SSSR count). The molecule has 0 saturated heterocycles. The minimum Gasteiger partial charge on any atom is -0.205 e. The van der Waals surface area contributed by atoms with E-state index in [1.165, 1.54) is 0 Å². The number of sulfonamides is 1. The normalized spacial score (nSPS) is 19.6. The molecular formula is C14H25F3N2O2S. The molecule has 0 aromatic carbocycles. The quantitative estimate of drug-likeness (QED) is 0.593. The van der Waals surface area contributed by atoms with Gasteiger partial charge in [0.2, 0.25) is 10.0 Å². The van der Waals surface area contributed by atoms with Crippen molar-refractivity contribution in [2.24, 2.45) is 5.10 Å². The Labute approximate surface area is 130 Å². The third-order valence-corrected chi connectivity index (χ3v) is 5.47. The Morgan fingerprint density at radius 3 is 2.27 bits per heavy atom. The predicted octanol–water partition coefficient (Wildman–Crippen LogP) is 4.08. The predicted molar refractivity (Wildman–Crippen MR) is 81.2 cm³/mol. The van der Waals surface area contributed by atoms with E-state index >= 15 is 0 Å². The van der Waals surface area contributed by atoms with Crippen LogP contribution in [0.15, 0.2) is 5.10 Å². The highest BCUT2D eigenvalue weighted by Gasteiger charge is 2.45. The van der Waals surface area contributed by atoms with Gasteiger partial charge in [0, 0.05) is 6.42 Å². The van der Waals surface area contributed by atoms with Gasteiger partial charge in [-0.2, -0.15) is 22.7 Å². The zero-order valence-corrected chi connectivity index (χ0v) is 14.0. The Morgan fingerprint density at radius 1 is 1.14 bits per heavy atom. The number of alkyl halides is 3. The van der Waals surface area contributed by atoms with Gasteiger partial charge in [-0.1, -0.05) is 46.0 Å². The molecule has 0 fully saturated rings. The summed E-state index contributed by atoms with van der Waals surface area (Å²) in [6, 6.07) is -0.685. The molecule has 0 aromatic heterocycles. The maximum Gasteiger partial charge on any atom is 0.431 e. The highest BCUT2D eigenvalue weighted by molar-refractivity contribution is 7.89. The molecule has 4 nitrogen and oxygen atoms in total. The van der Waals surface area contributed by atoms with E-state index in [0.29, 0.717) is 19.3 Å². The van der Waals surface area contributed by atoms with Crippen molar-refractivity contribution in [3.63, 3.8) is 0 Å². The average molecular weight is 342 g/mol. The molecule has 1 aliphatic heterocycles. The molecule has 0 amide bonds. The van der Waals surface area contributed by atoms with Crippen LogP contribution in [0.2, 0.25) is 0 Å². The molecule has 130 valence electrons. The lowest BCUT2D eigenvalue weighted by atomic mass is 10.0. The summed E-state index contributed by atoms with van der Waals surface area (Å²) in [6.45, 7) is 3.93. The summed E-state index contributed by atoms with van der Waals surface area (Å²) in [5, 5.41) is 3.41. The Bertz CT molecular complexity index is 475. The van der Waals surface area contributed by atoms with E-state index in [2.05, 4.69) is 5.10 Å². The molecule has 0 aromatic rings. The van der Waals surface area contributed by atoms with Gasteiger partial charge in [-0.25, -0.2) is 8.42 Å². The third kappa shape index (κ3) is 5.44. The number of rotatable bonds is 9. The van der Waals surface area contributed by atoms with E-state index in [0.717, 1.165) is 30.1 Å². The largest absolute Gasteiger partial charge is 0.431 e. The monoisotopic (exact) mass is 342 g/mol. The lowest BCUT2D eigenvalue weighted by molar-refractivity contribution is -0.0601. The topological polar surface area (TPSA) is 49.7 Å².